The predicted molar refractivity (Wildman–Crippen MR) is 111 cm³/mol. The molecule has 1 fully saturated rings. The molecule has 0 saturated carbocycles. The first-order chi connectivity index (χ1) is 13.2. The lowest BCUT2D eigenvalue weighted by Gasteiger charge is -2.35. The highest BCUT2D eigenvalue weighted by Crippen LogP contribution is 2.21. The number of piperidine rings is 1. The Balaban J connectivity index is 1.58. The molecule has 1 aliphatic rings. The lowest BCUT2D eigenvalue weighted by atomic mass is 9.95. The van der Waals surface area contributed by atoms with Crippen LogP contribution in [0.5, 0.6) is 0 Å². The Morgan fingerprint density at radius 1 is 1.04 bits per heavy atom. The summed E-state index contributed by atoms with van der Waals surface area (Å²) >= 11 is 6.05. The van der Waals surface area contributed by atoms with E-state index in [0.29, 0.717) is 0 Å². The summed E-state index contributed by atoms with van der Waals surface area (Å²) in [5.41, 5.74) is 2.63. The van der Waals surface area contributed by atoms with Crippen molar-refractivity contribution in [3.8, 4) is 0 Å². The number of ether oxygens (including phenoxy) is 1. The summed E-state index contributed by atoms with van der Waals surface area (Å²) in [6.45, 7) is 7.27. The minimum Gasteiger partial charge on any atom is -0.383 e. The van der Waals surface area contributed by atoms with E-state index < -0.39 is 0 Å². The van der Waals surface area contributed by atoms with Gasteiger partial charge in [0.25, 0.3) is 0 Å². The van der Waals surface area contributed by atoms with E-state index in [9.17, 15) is 0 Å². The molecule has 0 bridgehead atoms. The van der Waals surface area contributed by atoms with Gasteiger partial charge in [0.05, 0.1) is 6.61 Å². The van der Waals surface area contributed by atoms with Crippen LogP contribution in [0.4, 0.5) is 0 Å². The van der Waals surface area contributed by atoms with Gasteiger partial charge in [-0.2, -0.15) is 0 Å². The number of halogens is 1. The monoisotopic (exact) mass is 387 g/mol. The van der Waals surface area contributed by atoms with Crippen molar-refractivity contribution in [2.45, 2.75) is 25.9 Å². The molecule has 146 valence electrons. The fraction of sp³-hybridized carbons (Fsp3) is 0.500. The van der Waals surface area contributed by atoms with Crippen LogP contribution in [-0.2, 0) is 17.8 Å². The van der Waals surface area contributed by atoms with Crippen LogP contribution in [0.3, 0.4) is 0 Å². The van der Waals surface area contributed by atoms with Gasteiger partial charge in [-0.25, -0.2) is 0 Å². The molecule has 0 spiro atoms. The first kappa shape index (κ1) is 20.3. The zero-order valence-corrected chi connectivity index (χ0v) is 16.9. The van der Waals surface area contributed by atoms with Crippen LogP contribution in [0, 0.1) is 5.92 Å². The zero-order chi connectivity index (χ0) is 18.9. The van der Waals surface area contributed by atoms with Crippen molar-refractivity contribution < 1.29 is 4.74 Å². The Hall–Kier alpha value is -1.46. The third-order valence-electron chi connectivity index (χ3n) is 5.31. The van der Waals surface area contributed by atoms with Crippen LogP contribution in [0.1, 0.15) is 24.0 Å². The molecule has 0 radical (unpaired) electrons. The van der Waals surface area contributed by atoms with E-state index in [1.54, 1.807) is 7.11 Å². The SMILES string of the molecule is COCCN1CCC(CN(Cc2ccncc2)Cc2ccc(Cl)cc2)CC1. The number of hydrogen-bond donors (Lipinski definition) is 0. The number of methoxy groups -OCH3 is 1. The highest BCUT2D eigenvalue weighted by Gasteiger charge is 2.21. The number of benzene rings is 1. The van der Waals surface area contributed by atoms with Gasteiger partial charge >= 0.3 is 0 Å². The molecular weight excluding hydrogens is 358 g/mol. The summed E-state index contributed by atoms with van der Waals surface area (Å²) in [5, 5.41) is 0.794. The van der Waals surface area contributed by atoms with Crippen molar-refractivity contribution in [3.63, 3.8) is 0 Å². The van der Waals surface area contributed by atoms with E-state index in [1.165, 1.54) is 37.1 Å². The van der Waals surface area contributed by atoms with E-state index >= 15 is 0 Å². The smallest absolute Gasteiger partial charge is 0.0589 e. The van der Waals surface area contributed by atoms with Crippen molar-refractivity contribution in [2.75, 3.05) is 39.9 Å². The Morgan fingerprint density at radius 2 is 1.67 bits per heavy atom. The fourth-order valence-corrected chi connectivity index (χ4v) is 3.88. The van der Waals surface area contributed by atoms with Crippen molar-refractivity contribution in [3.05, 3.63) is 64.9 Å². The van der Waals surface area contributed by atoms with Gasteiger partial charge in [-0.05, 0) is 67.2 Å². The van der Waals surface area contributed by atoms with Gasteiger partial charge in [-0.15, -0.1) is 0 Å². The Labute approximate surface area is 168 Å². The highest BCUT2D eigenvalue weighted by atomic mass is 35.5. The first-order valence-electron chi connectivity index (χ1n) is 9.80. The summed E-state index contributed by atoms with van der Waals surface area (Å²) in [5.74, 6) is 0.748. The topological polar surface area (TPSA) is 28.6 Å². The summed E-state index contributed by atoms with van der Waals surface area (Å²) in [6, 6.07) is 12.5. The molecule has 4 nitrogen and oxygen atoms in total. The van der Waals surface area contributed by atoms with Crippen molar-refractivity contribution in [1.29, 1.82) is 0 Å². The molecule has 1 aromatic heterocycles. The maximum atomic E-state index is 6.05. The zero-order valence-electron chi connectivity index (χ0n) is 16.2. The van der Waals surface area contributed by atoms with Gasteiger partial charge in [0.1, 0.15) is 0 Å². The second-order valence-corrected chi connectivity index (χ2v) is 7.87. The van der Waals surface area contributed by atoms with E-state index in [1.807, 2.05) is 24.5 Å². The molecule has 0 N–H and O–H groups in total. The Bertz CT molecular complexity index is 657. The number of nitrogens with zero attached hydrogens (tertiary/aromatic N) is 3. The fourth-order valence-electron chi connectivity index (χ4n) is 3.76. The van der Waals surface area contributed by atoms with Crippen molar-refractivity contribution in [1.82, 2.24) is 14.8 Å². The summed E-state index contributed by atoms with van der Waals surface area (Å²) in [4.78, 5) is 9.23. The van der Waals surface area contributed by atoms with Gasteiger partial charge in [0.15, 0.2) is 0 Å². The summed E-state index contributed by atoms with van der Waals surface area (Å²) in [7, 11) is 1.78. The number of likely N-dealkylation sites (tertiary alicyclic amines) is 1. The van der Waals surface area contributed by atoms with Crippen molar-refractivity contribution >= 4 is 11.6 Å². The van der Waals surface area contributed by atoms with Gasteiger partial charge in [0, 0.05) is 50.7 Å². The van der Waals surface area contributed by atoms with Crippen LogP contribution in [0.2, 0.25) is 5.02 Å². The van der Waals surface area contributed by atoms with Crippen LogP contribution >= 0.6 is 11.6 Å². The minimum absolute atomic E-state index is 0.748. The summed E-state index contributed by atoms with van der Waals surface area (Å²) < 4.78 is 5.21. The number of hydrogen-bond acceptors (Lipinski definition) is 4. The lowest BCUT2D eigenvalue weighted by Crippen LogP contribution is -2.39. The third kappa shape index (κ3) is 6.89. The first-order valence-corrected chi connectivity index (χ1v) is 10.2. The molecule has 0 unspecified atom stereocenters. The molecule has 1 aliphatic heterocycles. The molecule has 3 rings (SSSR count). The molecular formula is C22H30ClN3O. The standard InChI is InChI=1S/C22H30ClN3O/c1-27-15-14-25-12-8-21(9-13-25)18-26(17-20-6-10-24-11-7-20)16-19-2-4-22(23)5-3-19/h2-7,10-11,21H,8-9,12-18H2,1H3. The number of pyridine rings is 1. The molecule has 1 aromatic carbocycles. The second kappa shape index (κ2) is 10.8. The van der Waals surface area contributed by atoms with Crippen LogP contribution in [0.25, 0.3) is 0 Å². The molecule has 5 heteroatoms. The third-order valence-corrected chi connectivity index (χ3v) is 5.56. The van der Waals surface area contributed by atoms with Gasteiger partial charge in [-0.3, -0.25) is 9.88 Å². The quantitative estimate of drug-likeness (QED) is 0.647. The van der Waals surface area contributed by atoms with Gasteiger partial charge < -0.3 is 9.64 Å². The van der Waals surface area contributed by atoms with Crippen LogP contribution < -0.4 is 0 Å². The maximum Gasteiger partial charge on any atom is 0.0589 e. The van der Waals surface area contributed by atoms with E-state index in [-0.39, 0.29) is 0 Å². The van der Waals surface area contributed by atoms with E-state index in [2.05, 4.69) is 39.0 Å². The number of rotatable bonds is 9. The molecule has 2 heterocycles. The molecule has 0 aliphatic carbocycles. The van der Waals surface area contributed by atoms with Crippen LogP contribution in [-0.4, -0.2) is 54.7 Å². The molecule has 0 atom stereocenters. The van der Waals surface area contributed by atoms with Crippen LogP contribution in [0.15, 0.2) is 48.8 Å². The second-order valence-electron chi connectivity index (χ2n) is 7.43. The van der Waals surface area contributed by atoms with E-state index in [0.717, 1.165) is 43.7 Å². The van der Waals surface area contributed by atoms with E-state index in [4.69, 9.17) is 16.3 Å². The number of aromatic nitrogens is 1. The molecule has 2 aromatic rings. The lowest BCUT2D eigenvalue weighted by molar-refractivity contribution is 0.104. The Kier molecular flexibility index (Phi) is 8.09. The molecule has 0 amide bonds. The maximum absolute atomic E-state index is 6.05. The molecule has 1 saturated heterocycles. The van der Waals surface area contributed by atoms with Gasteiger partial charge in [0.2, 0.25) is 0 Å². The largest absolute Gasteiger partial charge is 0.383 e. The normalized spacial score (nSPS) is 16.1. The average Bonchev–Trinajstić information content (AvgIpc) is 2.70. The summed E-state index contributed by atoms with van der Waals surface area (Å²) in [6.07, 6.45) is 6.28. The predicted octanol–water partition coefficient (Wildman–Crippen LogP) is 4.10. The highest BCUT2D eigenvalue weighted by molar-refractivity contribution is 6.30. The average molecular weight is 388 g/mol. The Morgan fingerprint density at radius 3 is 2.30 bits per heavy atom. The minimum atomic E-state index is 0.748. The van der Waals surface area contributed by atoms with Crippen molar-refractivity contribution in [2.24, 2.45) is 5.92 Å². The molecule has 27 heavy (non-hydrogen) atoms. The van der Waals surface area contributed by atoms with Gasteiger partial charge in [-0.1, -0.05) is 23.7 Å².